The summed E-state index contributed by atoms with van der Waals surface area (Å²) < 4.78 is 0. The third-order valence-corrected chi connectivity index (χ3v) is 6.37. The smallest absolute Gasteiger partial charge is 0.262 e. The number of nitrogens with zero attached hydrogens (tertiary/aromatic N) is 2. The first-order chi connectivity index (χ1) is 13.4. The van der Waals surface area contributed by atoms with Crippen molar-refractivity contribution < 1.29 is 14.4 Å². The Kier molecular flexibility index (Phi) is 4.14. The summed E-state index contributed by atoms with van der Waals surface area (Å²) in [5.41, 5.74) is -0.115. The molecular weight excluding hydrogens is 352 g/mol. The van der Waals surface area contributed by atoms with Gasteiger partial charge < -0.3 is 4.90 Å². The fourth-order valence-electron chi connectivity index (χ4n) is 4.73. The molecule has 2 aromatic carbocycles. The van der Waals surface area contributed by atoms with Gasteiger partial charge in [-0.1, -0.05) is 42.5 Å². The van der Waals surface area contributed by atoms with Crippen LogP contribution in [-0.4, -0.2) is 46.1 Å². The standard InChI is InChI=1S/C23H24N2O3/c1-4-24(5-2)21(28)23(16-11-7-6-8-12-16)15-22(23,3)25-19(26)17-13-9-10-14-18(17)20(25)27/h6-14H,4-5,15H2,1-3H3. The first-order valence-corrected chi connectivity index (χ1v) is 9.75. The number of carbonyl (C=O) groups excluding carboxylic acids is 3. The zero-order chi connectivity index (χ0) is 20.1. The summed E-state index contributed by atoms with van der Waals surface area (Å²) in [5, 5.41) is 0. The summed E-state index contributed by atoms with van der Waals surface area (Å²) in [7, 11) is 0. The second-order valence-electron chi connectivity index (χ2n) is 7.69. The highest BCUT2D eigenvalue weighted by molar-refractivity contribution is 6.22. The van der Waals surface area contributed by atoms with Crippen molar-refractivity contribution in [2.24, 2.45) is 0 Å². The first kappa shape index (κ1) is 18.4. The van der Waals surface area contributed by atoms with Crippen molar-refractivity contribution in [3.05, 3.63) is 71.3 Å². The van der Waals surface area contributed by atoms with E-state index in [1.807, 2.05) is 51.1 Å². The van der Waals surface area contributed by atoms with E-state index in [9.17, 15) is 14.4 Å². The molecule has 1 saturated carbocycles. The number of imide groups is 1. The zero-order valence-electron chi connectivity index (χ0n) is 16.4. The Bertz CT molecular complexity index is 932. The number of hydrogen-bond acceptors (Lipinski definition) is 3. The van der Waals surface area contributed by atoms with E-state index in [1.165, 1.54) is 4.90 Å². The predicted octanol–water partition coefficient (Wildman–Crippen LogP) is 3.25. The van der Waals surface area contributed by atoms with E-state index in [-0.39, 0.29) is 17.7 Å². The van der Waals surface area contributed by atoms with Crippen LogP contribution in [0.15, 0.2) is 54.6 Å². The molecule has 4 rings (SSSR count). The fourth-order valence-corrected chi connectivity index (χ4v) is 4.73. The Morgan fingerprint density at radius 1 is 0.929 bits per heavy atom. The number of rotatable bonds is 5. The highest BCUT2D eigenvalue weighted by Gasteiger charge is 2.76. The van der Waals surface area contributed by atoms with E-state index in [4.69, 9.17) is 0 Å². The summed E-state index contributed by atoms with van der Waals surface area (Å²) in [5.74, 6) is -0.649. The third kappa shape index (κ3) is 2.22. The van der Waals surface area contributed by atoms with E-state index >= 15 is 0 Å². The highest BCUT2D eigenvalue weighted by Crippen LogP contribution is 2.63. The Balaban J connectivity index is 1.83. The largest absolute Gasteiger partial charge is 0.342 e. The van der Waals surface area contributed by atoms with Gasteiger partial charge in [0.05, 0.1) is 22.1 Å². The molecule has 1 heterocycles. The molecule has 1 fully saturated rings. The predicted molar refractivity (Wildman–Crippen MR) is 106 cm³/mol. The average Bonchev–Trinajstić information content (AvgIpc) is 3.27. The van der Waals surface area contributed by atoms with Crippen LogP contribution in [-0.2, 0) is 10.2 Å². The van der Waals surface area contributed by atoms with Crippen molar-refractivity contribution in [2.45, 2.75) is 38.1 Å². The van der Waals surface area contributed by atoms with Crippen LogP contribution in [0.25, 0.3) is 0 Å². The zero-order valence-corrected chi connectivity index (χ0v) is 16.4. The Morgan fingerprint density at radius 2 is 1.43 bits per heavy atom. The Labute approximate surface area is 164 Å². The Morgan fingerprint density at radius 3 is 1.93 bits per heavy atom. The van der Waals surface area contributed by atoms with Crippen molar-refractivity contribution in [2.75, 3.05) is 13.1 Å². The molecular formula is C23H24N2O3. The molecule has 0 N–H and O–H groups in total. The molecule has 28 heavy (non-hydrogen) atoms. The average molecular weight is 376 g/mol. The molecule has 0 radical (unpaired) electrons. The molecule has 1 aliphatic heterocycles. The van der Waals surface area contributed by atoms with Crippen LogP contribution in [0.5, 0.6) is 0 Å². The van der Waals surface area contributed by atoms with Crippen molar-refractivity contribution in [1.82, 2.24) is 9.80 Å². The molecule has 3 amide bonds. The highest BCUT2D eigenvalue weighted by atomic mass is 16.2. The summed E-state index contributed by atoms with van der Waals surface area (Å²) >= 11 is 0. The van der Waals surface area contributed by atoms with Gasteiger partial charge in [-0.15, -0.1) is 0 Å². The molecule has 0 bridgehead atoms. The molecule has 5 heteroatoms. The van der Waals surface area contributed by atoms with Crippen molar-refractivity contribution in [1.29, 1.82) is 0 Å². The van der Waals surface area contributed by atoms with Crippen LogP contribution in [0.1, 0.15) is 53.5 Å². The summed E-state index contributed by atoms with van der Waals surface area (Å²) in [6, 6.07) is 16.4. The van der Waals surface area contributed by atoms with E-state index < -0.39 is 11.0 Å². The summed E-state index contributed by atoms with van der Waals surface area (Å²) in [4.78, 5) is 43.0. The number of benzene rings is 2. The lowest BCUT2D eigenvalue weighted by atomic mass is 9.88. The van der Waals surface area contributed by atoms with E-state index in [1.54, 1.807) is 29.2 Å². The number of likely N-dealkylation sites (N-methyl/N-ethyl adjacent to an activating group) is 1. The second kappa shape index (κ2) is 6.30. The van der Waals surface area contributed by atoms with Gasteiger partial charge in [0.15, 0.2) is 0 Å². The normalized spacial score (nSPS) is 25.6. The van der Waals surface area contributed by atoms with Crippen LogP contribution in [0.2, 0.25) is 0 Å². The molecule has 1 aliphatic carbocycles. The van der Waals surface area contributed by atoms with Crippen LogP contribution in [0.4, 0.5) is 0 Å². The van der Waals surface area contributed by atoms with Crippen LogP contribution in [0.3, 0.4) is 0 Å². The van der Waals surface area contributed by atoms with Gasteiger partial charge in [-0.3, -0.25) is 19.3 Å². The van der Waals surface area contributed by atoms with Gasteiger partial charge in [0, 0.05) is 13.1 Å². The third-order valence-electron chi connectivity index (χ3n) is 6.37. The van der Waals surface area contributed by atoms with Gasteiger partial charge in [0.1, 0.15) is 0 Å². The van der Waals surface area contributed by atoms with Crippen LogP contribution in [0, 0.1) is 0 Å². The van der Waals surface area contributed by atoms with Crippen molar-refractivity contribution in [3.8, 4) is 0 Å². The van der Waals surface area contributed by atoms with Crippen LogP contribution < -0.4 is 0 Å². The maximum Gasteiger partial charge on any atom is 0.262 e. The molecule has 2 atom stereocenters. The van der Waals surface area contributed by atoms with Crippen molar-refractivity contribution in [3.63, 3.8) is 0 Å². The van der Waals surface area contributed by atoms with Gasteiger partial charge in [0.25, 0.3) is 11.8 Å². The SMILES string of the molecule is CCN(CC)C(=O)C1(c2ccccc2)CC1(C)N1C(=O)c2ccccc2C1=O. The number of carbonyl (C=O) groups is 3. The maximum absolute atomic E-state index is 13.6. The monoisotopic (exact) mass is 376 g/mol. The first-order valence-electron chi connectivity index (χ1n) is 9.75. The van der Waals surface area contributed by atoms with Gasteiger partial charge in [0.2, 0.25) is 5.91 Å². The number of fused-ring (bicyclic) bond motifs is 1. The Hall–Kier alpha value is -2.95. The molecule has 2 aliphatic rings. The van der Waals surface area contributed by atoms with Gasteiger partial charge in [-0.2, -0.15) is 0 Å². The molecule has 2 unspecified atom stereocenters. The van der Waals surface area contributed by atoms with Gasteiger partial charge in [-0.05, 0) is 44.9 Å². The molecule has 0 spiro atoms. The van der Waals surface area contributed by atoms with Crippen LogP contribution >= 0.6 is 0 Å². The van der Waals surface area contributed by atoms with Gasteiger partial charge >= 0.3 is 0 Å². The second-order valence-corrected chi connectivity index (χ2v) is 7.69. The molecule has 0 saturated heterocycles. The van der Waals surface area contributed by atoms with Gasteiger partial charge in [-0.25, -0.2) is 0 Å². The van der Waals surface area contributed by atoms with E-state index in [0.717, 1.165) is 5.56 Å². The lowest BCUT2D eigenvalue weighted by molar-refractivity contribution is -0.134. The fraction of sp³-hybridized carbons (Fsp3) is 0.348. The summed E-state index contributed by atoms with van der Waals surface area (Å²) in [6.07, 6.45) is 0.435. The number of amides is 3. The molecule has 144 valence electrons. The lowest BCUT2D eigenvalue weighted by Gasteiger charge is -2.32. The minimum atomic E-state index is -0.909. The maximum atomic E-state index is 13.6. The molecule has 2 aromatic rings. The van der Waals surface area contributed by atoms with E-state index in [2.05, 4.69) is 0 Å². The summed E-state index contributed by atoms with van der Waals surface area (Å²) in [6.45, 7) is 6.93. The minimum absolute atomic E-state index is 0.0252. The quantitative estimate of drug-likeness (QED) is 0.753. The van der Waals surface area contributed by atoms with E-state index in [0.29, 0.717) is 30.6 Å². The lowest BCUT2D eigenvalue weighted by Crippen LogP contribution is -2.50. The topological polar surface area (TPSA) is 57.7 Å². The molecule has 0 aromatic heterocycles. The molecule has 5 nitrogen and oxygen atoms in total. The number of hydrogen-bond donors (Lipinski definition) is 0. The minimum Gasteiger partial charge on any atom is -0.342 e. The van der Waals surface area contributed by atoms with Crippen molar-refractivity contribution >= 4 is 17.7 Å².